The molecule has 2 N–H and O–H groups in total. The van der Waals surface area contributed by atoms with Crippen molar-refractivity contribution in [2.75, 3.05) is 6.54 Å². The lowest BCUT2D eigenvalue weighted by molar-refractivity contribution is -0.124. The monoisotopic (exact) mass is 349 g/mol. The van der Waals surface area contributed by atoms with E-state index in [9.17, 15) is 14.3 Å². The third-order valence-corrected chi connectivity index (χ3v) is 3.94. The molecule has 0 aliphatic heterocycles. The Morgan fingerprint density at radius 2 is 2.16 bits per heavy atom. The molecule has 2 aromatic rings. The molecule has 0 fully saturated rings. The van der Waals surface area contributed by atoms with Crippen LogP contribution in [0.15, 0.2) is 24.3 Å². The molecule has 0 saturated carbocycles. The summed E-state index contributed by atoms with van der Waals surface area (Å²) in [6.07, 6.45) is 0.454. The molecule has 3 unspecified atom stereocenters. The highest BCUT2D eigenvalue weighted by Gasteiger charge is 2.24. The summed E-state index contributed by atoms with van der Waals surface area (Å²) in [7, 11) is 0. The molecule has 8 heteroatoms. The number of aryl methyl sites for hydroxylation is 1. The van der Waals surface area contributed by atoms with Gasteiger partial charge in [-0.15, -0.1) is 5.10 Å². The molecule has 0 radical (unpaired) electrons. The van der Waals surface area contributed by atoms with Gasteiger partial charge in [0.2, 0.25) is 5.91 Å². The van der Waals surface area contributed by atoms with Gasteiger partial charge in [-0.25, -0.2) is 9.07 Å². The molecule has 136 valence electrons. The molecule has 1 amide bonds. The number of tetrazole rings is 1. The second-order valence-corrected chi connectivity index (χ2v) is 6.46. The maximum absolute atomic E-state index is 13.4. The molecule has 0 spiro atoms. The number of nitrogens with zero attached hydrogens (tertiary/aromatic N) is 4. The van der Waals surface area contributed by atoms with Crippen LogP contribution in [-0.4, -0.2) is 43.9 Å². The van der Waals surface area contributed by atoms with Crippen LogP contribution in [0.2, 0.25) is 0 Å². The number of halogens is 1. The Balaban J connectivity index is 2.12. The zero-order chi connectivity index (χ0) is 18.4. The van der Waals surface area contributed by atoms with Gasteiger partial charge in [0.1, 0.15) is 17.7 Å². The molecular weight excluding hydrogens is 325 g/mol. The van der Waals surface area contributed by atoms with E-state index in [-0.39, 0.29) is 24.1 Å². The van der Waals surface area contributed by atoms with E-state index >= 15 is 0 Å². The normalized spacial score (nSPS) is 14.8. The number of nitrogens with one attached hydrogen (secondary N) is 1. The summed E-state index contributed by atoms with van der Waals surface area (Å²) in [6, 6.07) is 5.46. The van der Waals surface area contributed by atoms with Gasteiger partial charge in [0.25, 0.3) is 0 Å². The fourth-order valence-electron chi connectivity index (χ4n) is 2.76. The molecule has 0 bridgehead atoms. The van der Waals surface area contributed by atoms with E-state index in [2.05, 4.69) is 20.8 Å². The van der Waals surface area contributed by atoms with Crippen molar-refractivity contribution in [3.8, 4) is 0 Å². The third kappa shape index (κ3) is 5.60. The minimum absolute atomic E-state index is 0.133. The number of benzene rings is 1. The molecule has 1 heterocycles. The molecule has 2 rings (SSSR count). The van der Waals surface area contributed by atoms with Crippen molar-refractivity contribution in [2.45, 2.75) is 45.8 Å². The second kappa shape index (κ2) is 8.66. The van der Waals surface area contributed by atoms with E-state index in [1.54, 1.807) is 26.0 Å². The highest BCUT2D eigenvalue weighted by molar-refractivity contribution is 5.80. The molecule has 25 heavy (non-hydrogen) atoms. The summed E-state index contributed by atoms with van der Waals surface area (Å²) < 4.78 is 14.9. The SMILES string of the molecule is Cc1nnnn1C(Cc1cccc(F)c1)C(=O)NCC(C)CC(C)O. The van der Waals surface area contributed by atoms with Crippen LogP contribution in [-0.2, 0) is 11.2 Å². The van der Waals surface area contributed by atoms with Crippen molar-refractivity contribution in [2.24, 2.45) is 5.92 Å². The highest BCUT2D eigenvalue weighted by Crippen LogP contribution is 2.16. The summed E-state index contributed by atoms with van der Waals surface area (Å²) in [4.78, 5) is 12.7. The van der Waals surface area contributed by atoms with Gasteiger partial charge in [-0.2, -0.15) is 0 Å². The van der Waals surface area contributed by atoms with Crippen LogP contribution in [0.4, 0.5) is 4.39 Å². The second-order valence-electron chi connectivity index (χ2n) is 6.46. The molecule has 1 aromatic carbocycles. The molecule has 0 aliphatic carbocycles. The van der Waals surface area contributed by atoms with E-state index < -0.39 is 12.1 Å². The molecule has 0 saturated heterocycles. The van der Waals surface area contributed by atoms with Gasteiger partial charge in [-0.1, -0.05) is 19.1 Å². The van der Waals surface area contributed by atoms with Crippen LogP contribution in [0.5, 0.6) is 0 Å². The molecular formula is C17H24FN5O2. The number of rotatable bonds is 8. The van der Waals surface area contributed by atoms with Crippen molar-refractivity contribution in [1.29, 1.82) is 0 Å². The van der Waals surface area contributed by atoms with Crippen LogP contribution >= 0.6 is 0 Å². The van der Waals surface area contributed by atoms with Gasteiger partial charge in [0.05, 0.1) is 6.10 Å². The number of hydrogen-bond acceptors (Lipinski definition) is 5. The van der Waals surface area contributed by atoms with Gasteiger partial charge in [0.15, 0.2) is 0 Å². The number of hydrogen-bond donors (Lipinski definition) is 2. The minimum Gasteiger partial charge on any atom is -0.393 e. The van der Waals surface area contributed by atoms with E-state index in [0.29, 0.717) is 24.4 Å². The summed E-state index contributed by atoms with van der Waals surface area (Å²) in [6.45, 7) is 5.82. The van der Waals surface area contributed by atoms with E-state index in [0.717, 1.165) is 0 Å². The molecule has 0 aliphatic rings. The van der Waals surface area contributed by atoms with E-state index in [1.165, 1.54) is 16.8 Å². The zero-order valence-corrected chi connectivity index (χ0v) is 14.7. The number of aliphatic hydroxyl groups excluding tert-OH is 1. The average molecular weight is 349 g/mol. The highest BCUT2D eigenvalue weighted by atomic mass is 19.1. The Morgan fingerprint density at radius 3 is 2.76 bits per heavy atom. The maximum atomic E-state index is 13.4. The predicted octanol–water partition coefficient (Wildman–Crippen LogP) is 1.43. The first-order valence-electron chi connectivity index (χ1n) is 8.31. The fraction of sp³-hybridized carbons (Fsp3) is 0.529. The third-order valence-electron chi connectivity index (χ3n) is 3.94. The van der Waals surface area contributed by atoms with Crippen LogP contribution in [0, 0.1) is 18.7 Å². The van der Waals surface area contributed by atoms with Gasteiger partial charge in [-0.05, 0) is 54.3 Å². The van der Waals surface area contributed by atoms with Gasteiger partial charge in [0, 0.05) is 13.0 Å². The van der Waals surface area contributed by atoms with Crippen molar-refractivity contribution in [3.05, 3.63) is 41.5 Å². The number of carbonyl (C=O) groups excluding carboxylic acids is 1. The number of carbonyl (C=O) groups is 1. The first-order valence-corrected chi connectivity index (χ1v) is 8.31. The quantitative estimate of drug-likeness (QED) is 0.752. The lowest BCUT2D eigenvalue weighted by Crippen LogP contribution is -2.37. The van der Waals surface area contributed by atoms with Gasteiger partial charge in [-0.3, -0.25) is 4.79 Å². The van der Waals surface area contributed by atoms with Crippen LogP contribution < -0.4 is 5.32 Å². The summed E-state index contributed by atoms with van der Waals surface area (Å²) in [5.74, 6) is 0.0510. The van der Waals surface area contributed by atoms with Gasteiger partial charge >= 0.3 is 0 Å². The van der Waals surface area contributed by atoms with Crippen molar-refractivity contribution < 1.29 is 14.3 Å². The molecule has 3 atom stereocenters. The minimum atomic E-state index is -0.671. The summed E-state index contributed by atoms with van der Waals surface area (Å²) >= 11 is 0. The summed E-state index contributed by atoms with van der Waals surface area (Å²) in [5.41, 5.74) is 0.687. The Bertz CT molecular complexity index is 704. The Labute approximate surface area is 146 Å². The number of amides is 1. The van der Waals surface area contributed by atoms with Crippen LogP contribution in [0.1, 0.15) is 37.7 Å². The fourth-order valence-corrected chi connectivity index (χ4v) is 2.76. The van der Waals surface area contributed by atoms with E-state index in [4.69, 9.17) is 0 Å². The maximum Gasteiger partial charge on any atom is 0.245 e. The van der Waals surface area contributed by atoms with Crippen molar-refractivity contribution >= 4 is 5.91 Å². The number of aliphatic hydroxyl groups is 1. The Kier molecular flexibility index (Phi) is 6.58. The molecule has 1 aromatic heterocycles. The Hall–Kier alpha value is -2.35. The van der Waals surface area contributed by atoms with Crippen LogP contribution in [0.25, 0.3) is 0 Å². The summed E-state index contributed by atoms with van der Waals surface area (Å²) in [5, 5.41) is 23.6. The Morgan fingerprint density at radius 1 is 1.40 bits per heavy atom. The number of aromatic nitrogens is 4. The first-order chi connectivity index (χ1) is 11.9. The average Bonchev–Trinajstić information content (AvgIpc) is 2.95. The van der Waals surface area contributed by atoms with Gasteiger partial charge < -0.3 is 10.4 Å². The van der Waals surface area contributed by atoms with Crippen molar-refractivity contribution in [1.82, 2.24) is 25.5 Å². The standard InChI is InChI=1S/C17H24FN5O2/c1-11(7-12(2)24)10-19-17(25)16(23-13(3)20-21-22-23)9-14-5-4-6-15(18)8-14/h4-6,8,11-12,16,24H,7,9-10H2,1-3H3,(H,19,25). The van der Waals surface area contributed by atoms with Crippen LogP contribution in [0.3, 0.4) is 0 Å². The largest absolute Gasteiger partial charge is 0.393 e. The smallest absolute Gasteiger partial charge is 0.245 e. The first kappa shape index (κ1) is 19.0. The van der Waals surface area contributed by atoms with E-state index in [1.807, 2.05) is 6.92 Å². The topological polar surface area (TPSA) is 92.9 Å². The van der Waals surface area contributed by atoms with Crippen molar-refractivity contribution in [3.63, 3.8) is 0 Å². The predicted molar refractivity (Wildman–Crippen MR) is 90.2 cm³/mol. The lowest BCUT2D eigenvalue weighted by atomic mass is 10.0. The molecule has 7 nitrogen and oxygen atoms in total. The zero-order valence-electron chi connectivity index (χ0n) is 14.7. The lowest BCUT2D eigenvalue weighted by Gasteiger charge is -2.20.